The van der Waals surface area contributed by atoms with Gasteiger partial charge in [-0.15, -0.1) is 0 Å². The molecule has 0 spiro atoms. The Kier molecular flexibility index (Phi) is 5.29. The van der Waals surface area contributed by atoms with E-state index in [-0.39, 0.29) is 21.7 Å². The lowest BCUT2D eigenvalue weighted by molar-refractivity contribution is -0.117. The van der Waals surface area contributed by atoms with E-state index >= 15 is 0 Å². The number of amides is 1. The first-order valence-corrected chi connectivity index (χ1v) is 9.69. The summed E-state index contributed by atoms with van der Waals surface area (Å²) in [6.07, 6.45) is 0. The summed E-state index contributed by atoms with van der Waals surface area (Å²) >= 11 is 11.9. The van der Waals surface area contributed by atoms with Crippen LogP contribution in [0.2, 0.25) is 10.0 Å². The molecule has 1 amide bonds. The fraction of sp³-hybridized carbons (Fsp3) is 0.188. The van der Waals surface area contributed by atoms with Gasteiger partial charge in [0, 0.05) is 11.8 Å². The number of hydrogen-bond donors (Lipinski definition) is 2. The smallest absolute Gasteiger partial charge is 0.244 e. The molecule has 2 aromatic carbocycles. The van der Waals surface area contributed by atoms with Crippen LogP contribution in [0.5, 0.6) is 11.5 Å². The minimum absolute atomic E-state index is 0.0339. The lowest BCUT2D eigenvalue weighted by atomic mass is 10.2. The van der Waals surface area contributed by atoms with Crippen LogP contribution in [0.25, 0.3) is 0 Å². The van der Waals surface area contributed by atoms with Crippen molar-refractivity contribution in [2.75, 3.05) is 12.1 Å². The first kappa shape index (κ1) is 18.8. The number of hydrogen-bond acceptors (Lipinski definition) is 5. The normalized spacial score (nSPS) is 14.1. The molecule has 0 radical (unpaired) electrons. The summed E-state index contributed by atoms with van der Waals surface area (Å²) in [5.41, 5.74) is 0.445. The number of carbonyl (C=O) groups is 1. The molecule has 2 aromatic rings. The third-order valence-corrected chi connectivity index (χ3v) is 6.05. The van der Waals surface area contributed by atoms with Crippen LogP contribution in [0.15, 0.2) is 41.3 Å². The molecule has 2 N–H and O–H groups in total. The van der Waals surface area contributed by atoms with E-state index in [0.717, 1.165) is 0 Å². The van der Waals surface area contributed by atoms with Gasteiger partial charge in [0.1, 0.15) is 4.90 Å². The third-order valence-electron chi connectivity index (χ3n) is 3.55. The van der Waals surface area contributed by atoms with Gasteiger partial charge in [0.25, 0.3) is 0 Å². The molecule has 1 aliphatic heterocycles. The molecule has 138 valence electrons. The Hall–Kier alpha value is -2.00. The fourth-order valence-corrected chi connectivity index (χ4v) is 4.66. The fourth-order valence-electron chi connectivity index (χ4n) is 2.31. The van der Waals surface area contributed by atoms with Crippen LogP contribution in [0.4, 0.5) is 5.69 Å². The number of nitrogens with one attached hydrogen (secondary N) is 2. The Morgan fingerprint density at radius 1 is 1.12 bits per heavy atom. The minimum atomic E-state index is -4.09. The monoisotopic (exact) mass is 416 g/mol. The highest BCUT2D eigenvalue weighted by Crippen LogP contribution is 2.34. The number of benzene rings is 2. The van der Waals surface area contributed by atoms with Gasteiger partial charge in [0.2, 0.25) is 22.7 Å². The Labute approximate surface area is 160 Å². The highest BCUT2D eigenvalue weighted by Gasteiger charge is 2.26. The van der Waals surface area contributed by atoms with Gasteiger partial charge in [-0.25, -0.2) is 8.42 Å². The quantitative estimate of drug-likeness (QED) is 0.780. The average molecular weight is 417 g/mol. The predicted molar refractivity (Wildman–Crippen MR) is 97.4 cm³/mol. The van der Waals surface area contributed by atoms with Crippen molar-refractivity contribution < 1.29 is 22.7 Å². The Balaban J connectivity index is 1.73. The lowest BCUT2D eigenvalue weighted by Crippen LogP contribution is -2.41. The molecule has 1 aliphatic rings. The van der Waals surface area contributed by atoms with Gasteiger partial charge in [-0.05, 0) is 31.2 Å². The zero-order valence-electron chi connectivity index (χ0n) is 13.5. The van der Waals surface area contributed by atoms with Crippen LogP contribution in [-0.2, 0) is 14.8 Å². The van der Waals surface area contributed by atoms with Crippen molar-refractivity contribution >= 4 is 44.8 Å². The first-order chi connectivity index (χ1) is 12.3. The summed E-state index contributed by atoms with van der Waals surface area (Å²) in [7, 11) is -4.09. The van der Waals surface area contributed by atoms with Crippen LogP contribution in [0.3, 0.4) is 0 Å². The van der Waals surface area contributed by atoms with Gasteiger partial charge in [0.15, 0.2) is 11.5 Å². The number of ether oxygens (including phenoxy) is 2. The van der Waals surface area contributed by atoms with Crippen LogP contribution < -0.4 is 19.5 Å². The maximum absolute atomic E-state index is 12.5. The largest absolute Gasteiger partial charge is 0.454 e. The molecule has 0 unspecified atom stereocenters. The topological polar surface area (TPSA) is 93.7 Å². The standard InChI is InChI=1S/C16H14Cl2N2O5S/c1-9(20-26(22,23)15-11(17)3-2-4-12(15)18)16(21)19-10-5-6-13-14(7-10)25-8-24-13/h2-7,9,20H,8H2,1H3,(H,19,21)/t9-/m0/s1. The summed E-state index contributed by atoms with van der Waals surface area (Å²) < 4.78 is 37.7. The van der Waals surface area contributed by atoms with E-state index in [4.69, 9.17) is 32.7 Å². The molecule has 26 heavy (non-hydrogen) atoms. The molecule has 1 atom stereocenters. The number of sulfonamides is 1. The van der Waals surface area contributed by atoms with Crippen molar-refractivity contribution in [1.82, 2.24) is 4.72 Å². The summed E-state index contributed by atoms with van der Waals surface area (Å²) in [6, 6.07) is 8.12. The molecule has 0 saturated heterocycles. The maximum atomic E-state index is 12.5. The number of anilines is 1. The average Bonchev–Trinajstić information content (AvgIpc) is 3.01. The van der Waals surface area contributed by atoms with Gasteiger partial charge < -0.3 is 14.8 Å². The highest BCUT2D eigenvalue weighted by molar-refractivity contribution is 7.89. The number of rotatable bonds is 5. The van der Waals surface area contributed by atoms with E-state index in [1.54, 1.807) is 18.2 Å². The highest BCUT2D eigenvalue weighted by atomic mass is 35.5. The Morgan fingerprint density at radius 2 is 1.77 bits per heavy atom. The van der Waals surface area contributed by atoms with Crippen LogP contribution in [0.1, 0.15) is 6.92 Å². The zero-order valence-corrected chi connectivity index (χ0v) is 15.8. The number of fused-ring (bicyclic) bond motifs is 1. The molecule has 0 fully saturated rings. The molecular formula is C16H14Cl2N2O5S. The van der Waals surface area contributed by atoms with E-state index in [1.807, 2.05) is 0 Å². The molecule has 7 nitrogen and oxygen atoms in total. The van der Waals surface area contributed by atoms with E-state index in [2.05, 4.69) is 10.0 Å². The van der Waals surface area contributed by atoms with Crippen molar-refractivity contribution in [3.05, 3.63) is 46.4 Å². The maximum Gasteiger partial charge on any atom is 0.244 e. The van der Waals surface area contributed by atoms with Crippen molar-refractivity contribution in [3.63, 3.8) is 0 Å². The molecule has 1 heterocycles. The molecule has 0 aromatic heterocycles. The number of carbonyl (C=O) groups excluding carboxylic acids is 1. The minimum Gasteiger partial charge on any atom is -0.454 e. The Bertz CT molecular complexity index is 945. The van der Waals surface area contributed by atoms with Gasteiger partial charge in [-0.3, -0.25) is 4.79 Å². The van der Waals surface area contributed by atoms with Crippen LogP contribution in [-0.4, -0.2) is 27.2 Å². The molecule has 0 saturated carbocycles. The van der Waals surface area contributed by atoms with Gasteiger partial charge >= 0.3 is 0 Å². The van der Waals surface area contributed by atoms with Crippen LogP contribution >= 0.6 is 23.2 Å². The summed E-state index contributed by atoms with van der Waals surface area (Å²) in [4.78, 5) is 12.0. The van der Waals surface area contributed by atoms with Gasteiger partial charge in [0.05, 0.1) is 16.1 Å². The molecule has 0 aliphatic carbocycles. The molecule has 10 heteroatoms. The molecule has 3 rings (SSSR count). The van der Waals surface area contributed by atoms with E-state index in [9.17, 15) is 13.2 Å². The SMILES string of the molecule is C[C@H](NS(=O)(=O)c1c(Cl)cccc1Cl)C(=O)Nc1ccc2c(c1)OCO2. The van der Waals surface area contributed by atoms with Crippen molar-refractivity contribution in [1.29, 1.82) is 0 Å². The van der Waals surface area contributed by atoms with Gasteiger partial charge in [-0.2, -0.15) is 4.72 Å². The van der Waals surface area contributed by atoms with E-state index in [1.165, 1.54) is 25.1 Å². The van der Waals surface area contributed by atoms with Crippen molar-refractivity contribution in [2.24, 2.45) is 0 Å². The predicted octanol–water partition coefficient (Wildman–Crippen LogP) is 3.03. The second kappa shape index (κ2) is 7.32. The Morgan fingerprint density at radius 3 is 2.46 bits per heavy atom. The lowest BCUT2D eigenvalue weighted by Gasteiger charge is -2.16. The number of halogens is 2. The summed E-state index contributed by atoms with van der Waals surface area (Å²) in [6.45, 7) is 1.52. The summed E-state index contributed by atoms with van der Waals surface area (Å²) in [5.74, 6) is 0.514. The van der Waals surface area contributed by atoms with Crippen molar-refractivity contribution in [2.45, 2.75) is 17.9 Å². The summed E-state index contributed by atoms with van der Waals surface area (Å²) in [5, 5.41) is 2.54. The van der Waals surface area contributed by atoms with Gasteiger partial charge in [-0.1, -0.05) is 29.3 Å². The van der Waals surface area contributed by atoms with Crippen molar-refractivity contribution in [3.8, 4) is 11.5 Å². The second-order valence-corrected chi connectivity index (χ2v) is 7.92. The van der Waals surface area contributed by atoms with E-state index < -0.39 is 22.0 Å². The van der Waals surface area contributed by atoms with E-state index in [0.29, 0.717) is 17.2 Å². The molecular weight excluding hydrogens is 403 g/mol. The zero-order chi connectivity index (χ0) is 18.9. The third kappa shape index (κ3) is 3.88. The first-order valence-electron chi connectivity index (χ1n) is 7.45. The molecule has 0 bridgehead atoms. The van der Waals surface area contributed by atoms with Crippen LogP contribution in [0, 0.1) is 0 Å². The second-order valence-electron chi connectivity index (χ2n) is 5.45.